The van der Waals surface area contributed by atoms with Crippen LogP contribution in [0.1, 0.15) is 10.4 Å². The van der Waals surface area contributed by atoms with Gasteiger partial charge < -0.3 is 20.3 Å². The lowest BCUT2D eigenvalue weighted by molar-refractivity contribution is -0.142. The number of rotatable bonds is 3. The molecular weight excluding hydrogens is 365 g/mol. The van der Waals surface area contributed by atoms with Gasteiger partial charge in [-0.2, -0.15) is 0 Å². The summed E-state index contributed by atoms with van der Waals surface area (Å²) in [5.41, 5.74) is 0.286. The third-order valence-electron chi connectivity index (χ3n) is 2.92. The summed E-state index contributed by atoms with van der Waals surface area (Å²) < 4.78 is 5.70. The number of phenolic OH excluding ortho intramolecular Hbond substituents is 1. The molecule has 0 spiro atoms. The SMILES string of the molecule is O=C(NC1COCC1C(=O)O)c1ccc(I)c(O)c1. The molecule has 102 valence electrons. The standard InChI is InChI=1S/C12H12INO5/c13-8-2-1-6(3-10(8)15)11(16)14-9-5-19-4-7(9)12(17)18/h1-3,7,9,15H,4-5H2,(H,14,16)(H,17,18). The van der Waals surface area contributed by atoms with Crippen molar-refractivity contribution in [2.24, 2.45) is 5.92 Å². The van der Waals surface area contributed by atoms with Gasteiger partial charge in [0.2, 0.25) is 0 Å². The number of ether oxygens (including phenoxy) is 1. The molecule has 0 aliphatic carbocycles. The van der Waals surface area contributed by atoms with Crippen LogP contribution in [0, 0.1) is 9.49 Å². The molecule has 0 saturated carbocycles. The fourth-order valence-corrected chi connectivity index (χ4v) is 2.18. The highest BCUT2D eigenvalue weighted by atomic mass is 127. The van der Waals surface area contributed by atoms with Crippen molar-refractivity contribution in [3.05, 3.63) is 27.3 Å². The Kier molecular flexibility index (Phi) is 4.25. The summed E-state index contributed by atoms with van der Waals surface area (Å²) in [5, 5.41) is 21.1. The highest BCUT2D eigenvalue weighted by Gasteiger charge is 2.35. The van der Waals surface area contributed by atoms with Gasteiger partial charge in [-0.15, -0.1) is 0 Å². The summed E-state index contributed by atoms with van der Waals surface area (Å²) in [6, 6.07) is 3.99. The zero-order valence-electron chi connectivity index (χ0n) is 9.80. The first-order valence-electron chi connectivity index (χ1n) is 5.59. The van der Waals surface area contributed by atoms with Gasteiger partial charge in [-0.05, 0) is 40.8 Å². The van der Waals surface area contributed by atoms with Crippen molar-refractivity contribution in [3.8, 4) is 5.75 Å². The summed E-state index contributed by atoms with van der Waals surface area (Å²) in [6.45, 7) is 0.275. The zero-order valence-corrected chi connectivity index (χ0v) is 12.0. The molecule has 1 aliphatic heterocycles. The van der Waals surface area contributed by atoms with Crippen molar-refractivity contribution < 1.29 is 24.5 Å². The van der Waals surface area contributed by atoms with Crippen molar-refractivity contribution in [1.82, 2.24) is 5.32 Å². The summed E-state index contributed by atoms with van der Waals surface area (Å²) in [4.78, 5) is 22.9. The van der Waals surface area contributed by atoms with Crippen LogP contribution in [0.5, 0.6) is 5.75 Å². The number of carbonyl (C=O) groups is 2. The third-order valence-corrected chi connectivity index (χ3v) is 3.83. The van der Waals surface area contributed by atoms with Gasteiger partial charge in [-0.1, -0.05) is 0 Å². The minimum atomic E-state index is -0.992. The predicted molar refractivity (Wildman–Crippen MR) is 74.0 cm³/mol. The molecule has 6 nitrogen and oxygen atoms in total. The van der Waals surface area contributed by atoms with Crippen LogP contribution in [0.15, 0.2) is 18.2 Å². The summed E-state index contributed by atoms with van der Waals surface area (Å²) in [6.07, 6.45) is 0. The number of carbonyl (C=O) groups excluding carboxylic acids is 1. The number of carboxylic acid groups (broad SMARTS) is 1. The van der Waals surface area contributed by atoms with E-state index in [2.05, 4.69) is 5.32 Å². The van der Waals surface area contributed by atoms with Gasteiger partial charge in [0.05, 0.1) is 22.8 Å². The number of aliphatic carboxylic acids is 1. The van der Waals surface area contributed by atoms with Gasteiger partial charge in [0, 0.05) is 5.56 Å². The molecule has 1 aromatic rings. The van der Waals surface area contributed by atoms with E-state index < -0.39 is 23.8 Å². The maximum atomic E-state index is 12.0. The largest absolute Gasteiger partial charge is 0.507 e. The van der Waals surface area contributed by atoms with Crippen LogP contribution in [0.4, 0.5) is 0 Å². The van der Waals surface area contributed by atoms with E-state index >= 15 is 0 Å². The second kappa shape index (κ2) is 5.74. The molecule has 1 saturated heterocycles. The van der Waals surface area contributed by atoms with Crippen LogP contribution in [0.25, 0.3) is 0 Å². The highest BCUT2D eigenvalue weighted by Crippen LogP contribution is 2.21. The van der Waals surface area contributed by atoms with Crippen molar-refractivity contribution in [1.29, 1.82) is 0 Å². The molecule has 0 aromatic heterocycles. The number of benzene rings is 1. The minimum Gasteiger partial charge on any atom is -0.507 e. The quantitative estimate of drug-likeness (QED) is 0.679. The van der Waals surface area contributed by atoms with Crippen LogP contribution in [0.3, 0.4) is 0 Å². The molecule has 7 heteroatoms. The molecule has 0 bridgehead atoms. The average molecular weight is 377 g/mol. The van der Waals surface area contributed by atoms with Gasteiger partial charge >= 0.3 is 5.97 Å². The Labute approximate surface area is 122 Å². The Hall–Kier alpha value is -1.35. The molecule has 0 radical (unpaired) electrons. The second-order valence-electron chi connectivity index (χ2n) is 4.23. The summed E-state index contributed by atoms with van der Waals surface area (Å²) >= 11 is 1.95. The molecule has 1 aliphatic rings. The zero-order chi connectivity index (χ0) is 14.0. The second-order valence-corrected chi connectivity index (χ2v) is 5.39. The molecule has 19 heavy (non-hydrogen) atoms. The van der Waals surface area contributed by atoms with E-state index in [1.54, 1.807) is 12.1 Å². The topological polar surface area (TPSA) is 95.9 Å². The van der Waals surface area contributed by atoms with Gasteiger partial charge in [-0.3, -0.25) is 9.59 Å². The first-order chi connectivity index (χ1) is 8.99. The smallest absolute Gasteiger partial charge is 0.311 e. The van der Waals surface area contributed by atoms with E-state index in [0.717, 1.165) is 0 Å². The minimum absolute atomic E-state index is 0.0192. The highest BCUT2D eigenvalue weighted by molar-refractivity contribution is 14.1. The fraction of sp³-hybridized carbons (Fsp3) is 0.333. The first-order valence-corrected chi connectivity index (χ1v) is 6.67. The Morgan fingerprint density at radius 2 is 2.11 bits per heavy atom. The average Bonchev–Trinajstić information content (AvgIpc) is 2.80. The predicted octanol–water partition coefficient (Wildman–Crippen LogP) is 0.826. The number of nitrogens with one attached hydrogen (secondary N) is 1. The number of phenols is 1. The molecule has 1 aromatic carbocycles. The van der Waals surface area contributed by atoms with Crippen molar-refractivity contribution in [2.45, 2.75) is 6.04 Å². The van der Waals surface area contributed by atoms with Gasteiger partial charge in [0.1, 0.15) is 11.7 Å². The van der Waals surface area contributed by atoms with E-state index in [1.165, 1.54) is 6.07 Å². The number of hydrogen-bond donors (Lipinski definition) is 3. The Balaban J connectivity index is 2.08. The van der Waals surface area contributed by atoms with E-state index in [9.17, 15) is 14.7 Å². The van der Waals surface area contributed by atoms with Gasteiger partial charge in [0.25, 0.3) is 5.91 Å². The van der Waals surface area contributed by atoms with Crippen molar-refractivity contribution >= 4 is 34.5 Å². The molecule has 2 unspecified atom stereocenters. The van der Waals surface area contributed by atoms with Crippen molar-refractivity contribution in [2.75, 3.05) is 13.2 Å². The number of aromatic hydroxyl groups is 1. The molecule has 1 amide bonds. The number of hydrogen-bond acceptors (Lipinski definition) is 4. The number of halogens is 1. The lowest BCUT2D eigenvalue weighted by Gasteiger charge is -2.15. The normalized spacial score (nSPS) is 22.2. The molecular formula is C12H12INO5. The Morgan fingerprint density at radius 1 is 1.37 bits per heavy atom. The van der Waals surface area contributed by atoms with Crippen LogP contribution < -0.4 is 5.32 Å². The Morgan fingerprint density at radius 3 is 2.74 bits per heavy atom. The van der Waals surface area contributed by atoms with E-state index in [0.29, 0.717) is 3.57 Å². The summed E-state index contributed by atoms with van der Waals surface area (Å²) in [5.74, 6) is -2.13. The molecule has 2 rings (SSSR count). The Bertz CT molecular complexity index is 519. The molecule has 1 heterocycles. The number of amides is 1. The van der Waals surface area contributed by atoms with E-state index in [1.807, 2.05) is 22.6 Å². The number of carboxylic acids is 1. The van der Waals surface area contributed by atoms with E-state index in [4.69, 9.17) is 9.84 Å². The maximum absolute atomic E-state index is 12.0. The molecule has 2 atom stereocenters. The lowest BCUT2D eigenvalue weighted by Crippen LogP contribution is -2.42. The van der Waals surface area contributed by atoms with E-state index in [-0.39, 0.29) is 24.5 Å². The van der Waals surface area contributed by atoms with Crippen LogP contribution >= 0.6 is 22.6 Å². The van der Waals surface area contributed by atoms with Gasteiger partial charge in [-0.25, -0.2) is 0 Å². The first kappa shape index (κ1) is 14.1. The molecule has 1 fully saturated rings. The van der Waals surface area contributed by atoms with Crippen LogP contribution in [-0.4, -0.2) is 41.3 Å². The third kappa shape index (κ3) is 3.16. The van der Waals surface area contributed by atoms with Gasteiger partial charge in [0.15, 0.2) is 0 Å². The van der Waals surface area contributed by atoms with Crippen molar-refractivity contribution in [3.63, 3.8) is 0 Å². The fourth-order valence-electron chi connectivity index (χ4n) is 1.85. The summed E-state index contributed by atoms with van der Waals surface area (Å²) in [7, 11) is 0. The van der Waals surface area contributed by atoms with Crippen LogP contribution in [0.2, 0.25) is 0 Å². The maximum Gasteiger partial charge on any atom is 0.311 e. The molecule has 3 N–H and O–H groups in total. The lowest BCUT2D eigenvalue weighted by atomic mass is 10.0. The monoisotopic (exact) mass is 377 g/mol. The van der Waals surface area contributed by atoms with Crippen LogP contribution in [-0.2, 0) is 9.53 Å².